The maximum Gasteiger partial charge on any atom is 0.407 e. The average molecular weight is 218 g/mol. The van der Waals surface area contributed by atoms with Crippen LogP contribution in [0.25, 0.3) is 0 Å². The lowest BCUT2D eigenvalue weighted by molar-refractivity contribution is 0.153. The van der Waals surface area contributed by atoms with E-state index in [4.69, 9.17) is 5.11 Å². The van der Waals surface area contributed by atoms with Gasteiger partial charge in [-0.05, 0) is 18.1 Å². The van der Waals surface area contributed by atoms with Crippen molar-refractivity contribution in [2.75, 3.05) is 25.0 Å². The average Bonchev–Trinajstić information content (AvgIpc) is 2.87. The van der Waals surface area contributed by atoms with Gasteiger partial charge in [0.05, 0.1) is 0 Å². The Kier molecular flexibility index (Phi) is 1.87. The zero-order valence-electron chi connectivity index (χ0n) is 8.94. The van der Waals surface area contributed by atoms with Gasteiger partial charge < -0.3 is 15.3 Å². The number of hydrogen-bond acceptors (Lipinski definition) is 2. The van der Waals surface area contributed by atoms with Crippen LogP contribution in [-0.2, 0) is 5.41 Å². The molecule has 4 heteroatoms. The van der Waals surface area contributed by atoms with Crippen molar-refractivity contribution >= 4 is 11.8 Å². The summed E-state index contributed by atoms with van der Waals surface area (Å²) in [5.41, 5.74) is 2.45. The standard InChI is InChI=1S/C12H14N2O2/c15-11(16)14-6-5-12(8-14)7-13-10-4-2-1-3-9(10)12/h1-4,13H,5-8H2,(H,15,16)/t12-/m0/s1. The Morgan fingerprint density at radius 2 is 2.25 bits per heavy atom. The summed E-state index contributed by atoms with van der Waals surface area (Å²) >= 11 is 0. The minimum Gasteiger partial charge on any atom is -0.465 e. The van der Waals surface area contributed by atoms with Crippen molar-refractivity contribution in [2.45, 2.75) is 11.8 Å². The largest absolute Gasteiger partial charge is 0.465 e. The van der Waals surface area contributed by atoms with E-state index in [1.807, 2.05) is 12.1 Å². The number of likely N-dealkylation sites (tertiary alicyclic amines) is 1. The van der Waals surface area contributed by atoms with Crippen LogP contribution in [0.3, 0.4) is 0 Å². The molecule has 4 nitrogen and oxygen atoms in total. The number of amides is 1. The highest BCUT2D eigenvalue weighted by Gasteiger charge is 2.45. The lowest BCUT2D eigenvalue weighted by Gasteiger charge is -2.23. The Bertz CT molecular complexity index is 446. The molecule has 2 aliphatic rings. The fraction of sp³-hybridized carbons (Fsp3) is 0.417. The third-order valence-corrected chi connectivity index (χ3v) is 3.74. The van der Waals surface area contributed by atoms with E-state index in [1.54, 1.807) is 0 Å². The molecule has 2 heterocycles. The van der Waals surface area contributed by atoms with Crippen LogP contribution in [0.5, 0.6) is 0 Å². The van der Waals surface area contributed by atoms with Crippen LogP contribution >= 0.6 is 0 Å². The van der Waals surface area contributed by atoms with E-state index < -0.39 is 6.09 Å². The molecule has 0 radical (unpaired) electrons. The third kappa shape index (κ3) is 1.19. The summed E-state index contributed by atoms with van der Waals surface area (Å²) in [7, 11) is 0. The Morgan fingerprint density at radius 3 is 3.00 bits per heavy atom. The van der Waals surface area contributed by atoms with Crippen molar-refractivity contribution in [1.29, 1.82) is 0 Å². The summed E-state index contributed by atoms with van der Waals surface area (Å²) in [5.74, 6) is 0. The summed E-state index contributed by atoms with van der Waals surface area (Å²) in [6.45, 7) is 2.12. The molecule has 1 aromatic carbocycles. The van der Waals surface area contributed by atoms with Crippen LogP contribution in [-0.4, -0.2) is 35.7 Å². The molecule has 3 rings (SSSR count). The molecule has 0 aliphatic carbocycles. The molecular weight excluding hydrogens is 204 g/mol. The van der Waals surface area contributed by atoms with Crippen LogP contribution in [0.4, 0.5) is 10.5 Å². The van der Waals surface area contributed by atoms with Gasteiger partial charge in [0.25, 0.3) is 0 Å². The quantitative estimate of drug-likeness (QED) is 0.697. The second-order valence-electron chi connectivity index (χ2n) is 4.63. The van der Waals surface area contributed by atoms with Crippen molar-refractivity contribution in [2.24, 2.45) is 0 Å². The molecule has 16 heavy (non-hydrogen) atoms. The lowest BCUT2D eigenvalue weighted by Crippen LogP contribution is -2.35. The predicted octanol–water partition coefficient (Wildman–Crippen LogP) is 1.73. The molecule has 1 fully saturated rings. The molecule has 2 aliphatic heterocycles. The summed E-state index contributed by atoms with van der Waals surface area (Å²) in [4.78, 5) is 12.5. The summed E-state index contributed by atoms with van der Waals surface area (Å²) < 4.78 is 0. The van der Waals surface area contributed by atoms with E-state index in [0.717, 1.165) is 18.7 Å². The van der Waals surface area contributed by atoms with Gasteiger partial charge in [0.2, 0.25) is 0 Å². The van der Waals surface area contributed by atoms with Crippen LogP contribution in [0, 0.1) is 0 Å². The normalized spacial score (nSPS) is 26.9. The van der Waals surface area contributed by atoms with Gasteiger partial charge in [0.15, 0.2) is 0 Å². The monoisotopic (exact) mass is 218 g/mol. The first kappa shape index (κ1) is 9.51. The molecule has 0 unspecified atom stereocenters. The maximum atomic E-state index is 11.0. The highest BCUT2D eigenvalue weighted by atomic mass is 16.4. The Morgan fingerprint density at radius 1 is 1.44 bits per heavy atom. The highest BCUT2D eigenvalue weighted by molar-refractivity contribution is 5.68. The second kappa shape index (κ2) is 3.14. The summed E-state index contributed by atoms with van der Waals surface area (Å²) in [6.07, 6.45) is 0.116. The first-order chi connectivity index (χ1) is 7.71. The van der Waals surface area contributed by atoms with Crippen molar-refractivity contribution in [1.82, 2.24) is 4.90 Å². The molecule has 84 valence electrons. The van der Waals surface area contributed by atoms with Crippen molar-refractivity contribution in [3.05, 3.63) is 29.8 Å². The van der Waals surface area contributed by atoms with E-state index in [9.17, 15) is 4.79 Å². The fourth-order valence-corrected chi connectivity index (χ4v) is 2.86. The van der Waals surface area contributed by atoms with Crippen molar-refractivity contribution in [3.8, 4) is 0 Å². The van der Waals surface area contributed by atoms with E-state index in [2.05, 4.69) is 17.4 Å². The van der Waals surface area contributed by atoms with E-state index in [-0.39, 0.29) is 5.41 Å². The smallest absolute Gasteiger partial charge is 0.407 e. The van der Waals surface area contributed by atoms with Gasteiger partial charge in [0.1, 0.15) is 0 Å². The van der Waals surface area contributed by atoms with Gasteiger partial charge in [-0.15, -0.1) is 0 Å². The van der Waals surface area contributed by atoms with Gasteiger partial charge in [0, 0.05) is 30.7 Å². The second-order valence-corrected chi connectivity index (χ2v) is 4.63. The third-order valence-electron chi connectivity index (χ3n) is 3.74. The minimum absolute atomic E-state index is 0.00891. The zero-order valence-corrected chi connectivity index (χ0v) is 8.94. The van der Waals surface area contributed by atoms with Gasteiger partial charge in [-0.2, -0.15) is 0 Å². The summed E-state index contributed by atoms with van der Waals surface area (Å²) in [5, 5.41) is 12.4. The number of nitrogens with one attached hydrogen (secondary N) is 1. The van der Waals surface area contributed by atoms with Crippen LogP contribution in [0.2, 0.25) is 0 Å². The number of nitrogens with zero attached hydrogens (tertiary/aromatic N) is 1. The lowest BCUT2D eigenvalue weighted by atomic mass is 9.82. The van der Waals surface area contributed by atoms with Crippen molar-refractivity contribution < 1.29 is 9.90 Å². The predicted molar refractivity (Wildman–Crippen MR) is 60.8 cm³/mol. The molecule has 1 aromatic rings. The molecule has 1 amide bonds. The fourth-order valence-electron chi connectivity index (χ4n) is 2.86. The molecular formula is C12H14N2O2. The number of anilines is 1. The Labute approximate surface area is 93.9 Å². The molecule has 1 spiro atoms. The van der Waals surface area contributed by atoms with Crippen molar-refractivity contribution in [3.63, 3.8) is 0 Å². The number of rotatable bonds is 0. The SMILES string of the molecule is O=C(O)N1CC[C@]2(CNc3ccccc32)C1. The Balaban J connectivity index is 1.95. The number of benzene rings is 1. The molecule has 2 N–H and O–H groups in total. The Hall–Kier alpha value is -1.71. The zero-order chi connectivity index (χ0) is 11.2. The highest BCUT2D eigenvalue weighted by Crippen LogP contribution is 2.42. The molecule has 0 bridgehead atoms. The van der Waals surface area contributed by atoms with E-state index >= 15 is 0 Å². The summed E-state index contributed by atoms with van der Waals surface area (Å²) in [6, 6.07) is 8.21. The molecule has 1 saturated heterocycles. The number of para-hydroxylation sites is 1. The minimum atomic E-state index is -0.804. The molecule has 1 atom stereocenters. The van der Waals surface area contributed by atoms with Gasteiger partial charge >= 0.3 is 6.09 Å². The topological polar surface area (TPSA) is 52.6 Å². The number of fused-ring (bicyclic) bond motifs is 2. The van der Waals surface area contributed by atoms with Crippen LogP contribution in [0.15, 0.2) is 24.3 Å². The number of carbonyl (C=O) groups is 1. The van der Waals surface area contributed by atoms with E-state index in [0.29, 0.717) is 13.1 Å². The van der Waals surface area contributed by atoms with Gasteiger partial charge in [-0.3, -0.25) is 0 Å². The first-order valence-electron chi connectivity index (χ1n) is 5.53. The van der Waals surface area contributed by atoms with Gasteiger partial charge in [-0.1, -0.05) is 18.2 Å². The molecule has 0 aromatic heterocycles. The van der Waals surface area contributed by atoms with E-state index in [1.165, 1.54) is 10.5 Å². The molecule has 0 saturated carbocycles. The van der Waals surface area contributed by atoms with Gasteiger partial charge in [-0.25, -0.2) is 4.79 Å². The number of carboxylic acid groups (broad SMARTS) is 1. The number of hydrogen-bond donors (Lipinski definition) is 2. The first-order valence-corrected chi connectivity index (χ1v) is 5.53. The maximum absolute atomic E-state index is 11.0. The van der Waals surface area contributed by atoms with Crippen LogP contribution < -0.4 is 5.32 Å². The van der Waals surface area contributed by atoms with Crippen LogP contribution in [0.1, 0.15) is 12.0 Å².